The van der Waals surface area contributed by atoms with Crippen molar-refractivity contribution in [1.82, 2.24) is 0 Å². The first kappa shape index (κ1) is 14.7. The quantitative estimate of drug-likeness (QED) is 0.497. The Hall–Kier alpha value is -1.32. The molecule has 3 nitrogen and oxygen atoms in total. The van der Waals surface area contributed by atoms with Crippen LogP contribution in [0.4, 0.5) is 0 Å². The van der Waals surface area contributed by atoms with Crippen molar-refractivity contribution >= 4 is 0 Å². The second-order valence-corrected chi connectivity index (χ2v) is 4.12. The van der Waals surface area contributed by atoms with Crippen molar-refractivity contribution in [2.45, 2.75) is 26.1 Å². The lowest BCUT2D eigenvalue weighted by Crippen LogP contribution is -2.11. The third-order valence-electron chi connectivity index (χ3n) is 2.60. The Morgan fingerprint density at radius 2 is 2.00 bits per heavy atom. The molecule has 18 heavy (non-hydrogen) atoms. The summed E-state index contributed by atoms with van der Waals surface area (Å²) in [6.07, 6.45) is 2.84. The van der Waals surface area contributed by atoms with Crippen LogP contribution in [0.1, 0.15) is 18.9 Å². The van der Waals surface area contributed by atoms with Gasteiger partial charge in [0.1, 0.15) is 5.75 Å². The summed E-state index contributed by atoms with van der Waals surface area (Å²) in [5.41, 5.74) is 1.15. The molecule has 1 aromatic carbocycles. The predicted octanol–water partition coefficient (Wildman–Crippen LogP) is 3.19. The Kier molecular flexibility index (Phi) is 7.14. The average Bonchev–Trinajstić information content (AvgIpc) is 2.42. The van der Waals surface area contributed by atoms with Gasteiger partial charge in [-0.15, -0.1) is 6.58 Å². The van der Waals surface area contributed by atoms with Crippen molar-refractivity contribution in [2.24, 2.45) is 0 Å². The van der Waals surface area contributed by atoms with Gasteiger partial charge in [-0.25, -0.2) is 0 Å². The van der Waals surface area contributed by atoms with E-state index in [0.29, 0.717) is 19.8 Å². The molecule has 0 radical (unpaired) electrons. The smallest absolute Gasteiger partial charge is 0.118 e. The van der Waals surface area contributed by atoms with E-state index in [0.717, 1.165) is 17.7 Å². The van der Waals surface area contributed by atoms with Crippen LogP contribution in [-0.4, -0.2) is 26.4 Å². The van der Waals surface area contributed by atoms with Crippen LogP contribution in [0.25, 0.3) is 0 Å². The van der Waals surface area contributed by atoms with Crippen LogP contribution in [0.3, 0.4) is 0 Å². The van der Waals surface area contributed by atoms with Gasteiger partial charge in [-0.2, -0.15) is 0 Å². The second-order valence-electron chi connectivity index (χ2n) is 4.12. The molecule has 0 heterocycles. The van der Waals surface area contributed by atoms with Crippen molar-refractivity contribution in [3.8, 4) is 5.75 Å². The van der Waals surface area contributed by atoms with Gasteiger partial charge in [0.2, 0.25) is 0 Å². The van der Waals surface area contributed by atoms with Crippen LogP contribution in [0.15, 0.2) is 36.9 Å². The predicted molar refractivity (Wildman–Crippen MR) is 72.9 cm³/mol. The van der Waals surface area contributed by atoms with E-state index in [-0.39, 0.29) is 6.10 Å². The Morgan fingerprint density at radius 3 is 2.61 bits per heavy atom. The van der Waals surface area contributed by atoms with Crippen LogP contribution >= 0.6 is 0 Å². The largest absolute Gasteiger partial charge is 0.497 e. The van der Waals surface area contributed by atoms with Gasteiger partial charge in [0, 0.05) is 6.61 Å². The average molecular weight is 250 g/mol. The minimum atomic E-state index is 0.192. The molecule has 0 fully saturated rings. The van der Waals surface area contributed by atoms with E-state index >= 15 is 0 Å². The molecule has 100 valence electrons. The van der Waals surface area contributed by atoms with E-state index in [9.17, 15) is 0 Å². The fraction of sp³-hybridized carbons (Fsp3) is 0.467. The van der Waals surface area contributed by atoms with E-state index < -0.39 is 0 Å². The van der Waals surface area contributed by atoms with E-state index in [1.165, 1.54) is 0 Å². The van der Waals surface area contributed by atoms with Crippen molar-refractivity contribution in [1.29, 1.82) is 0 Å². The molecule has 0 aromatic heterocycles. The standard InChI is InChI=1S/C15H22O3/c1-4-10-17-11-9-13(2)18-12-14-5-7-15(16-3)8-6-14/h4-8,13H,1,9-12H2,2-3H3. The zero-order valence-corrected chi connectivity index (χ0v) is 11.2. The minimum absolute atomic E-state index is 0.192. The first-order valence-electron chi connectivity index (χ1n) is 6.19. The number of hydrogen-bond acceptors (Lipinski definition) is 3. The molecule has 0 aliphatic rings. The summed E-state index contributed by atoms with van der Waals surface area (Å²) >= 11 is 0. The molecule has 0 saturated carbocycles. The monoisotopic (exact) mass is 250 g/mol. The lowest BCUT2D eigenvalue weighted by Gasteiger charge is -2.13. The number of methoxy groups -OCH3 is 1. The summed E-state index contributed by atoms with van der Waals surface area (Å²) in [6.45, 7) is 7.58. The van der Waals surface area contributed by atoms with Gasteiger partial charge in [-0.05, 0) is 31.0 Å². The summed E-state index contributed by atoms with van der Waals surface area (Å²) in [5, 5.41) is 0. The lowest BCUT2D eigenvalue weighted by atomic mass is 10.2. The summed E-state index contributed by atoms with van der Waals surface area (Å²) < 4.78 is 16.2. The molecule has 0 aliphatic carbocycles. The van der Waals surface area contributed by atoms with Gasteiger partial charge >= 0.3 is 0 Å². The highest BCUT2D eigenvalue weighted by Crippen LogP contribution is 2.13. The highest BCUT2D eigenvalue weighted by Gasteiger charge is 2.03. The summed E-state index contributed by atoms with van der Waals surface area (Å²) in [6, 6.07) is 7.91. The Labute approximate surface area is 109 Å². The molecule has 0 bridgehead atoms. The molecule has 1 atom stereocenters. The number of ether oxygens (including phenoxy) is 3. The van der Waals surface area contributed by atoms with Crippen LogP contribution in [0.2, 0.25) is 0 Å². The van der Waals surface area contributed by atoms with Gasteiger partial charge in [0.05, 0.1) is 26.4 Å². The molecular weight excluding hydrogens is 228 g/mol. The van der Waals surface area contributed by atoms with E-state index in [2.05, 4.69) is 13.5 Å². The fourth-order valence-electron chi connectivity index (χ4n) is 1.46. The van der Waals surface area contributed by atoms with Crippen LogP contribution in [0, 0.1) is 0 Å². The first-order valence-corrected chi connectivity index (χ1v) is 6.19. The Bertz CT molecular complexity index is 332. The molecule has 0 saturated heterocycles. The molecule has 0 N–H and O–H groups in total. The molecule has 1 aromatic rings. The van der Waals surface area contributed by atoms with Crippen LogP contribution in [0.5, 0.6) is 5.75 Å². The topological polar surface area (TPSA) is 27.7 Å². The maximum absolute atomic E-state index is 5.74. The molecule has 0 aliphatic heterocycles. The lowest BCUT2D eigenvalue weighted by molar-refractivity contribution is 0.0260. The molecular formula is C15H22O3. The normalized spacial score (nSPS) is 12.1. The summed E-state index contributed by atoms with van der Waals surface area (Å²) in [7, 11) is 1.66. The Morgan fingerprint density at radius 1 is 1.28 bits per heavy atom. The highest BCUT2D eigenvalue weighted by atomic mass is 16.5. The van der Waals surface area contributed by atoms with Gasteiger partial charge in [0.15, 0.2) is 0 Å². The van der Waals surface area contributed by atoms with Crippen molar-refractivity contribution in [3.63, 3.8) is 0 Å². The fourth-order valence-corrected chi connectivity index (χ4v) is 1.46. The third-order valence-corrected chi connectivity index (χ3v) is 2.60. The maximum Gasteiger partial charge on any atom is 0.118 e. The third kappa shape index (κ3) is 5.84. The zero-order chi connectivity index (χ0) is 13.2. The van der Waals surface area contributed by atoms with Gasteiger partial charge in [0.25, 0.3) is 0 Å². The van der Waals surface area contributed by atoms with Gasteiger partial charge in [-0.1, -0.05) is 18.2 Å². The number of hydrogen-bond donors (Lipinski definition) is 0. The summed E-state index contributed by atoms with van der Waals surface area (Å²) in [4.78, 5) is 0. The van der Waals surface area contributed by atoms with Gasteiger partial charge in [-0.3, -0.25) is 0 Å². The zero-order valence-electron chi connectivity index (χ0n) is 11.2. The number of rotatable bonds is 9. The second kappa shape index (κ2) is 8.72. The maximum atomic E-state index is 5.74. The molecule has 0 spiro atoms. The van der Waals surface area contributed by atoms with Crippen LogP contribution < -0.4 is 4.74 Å². The highest BCUT2D eigenvalue weighted by molar-refractivity contribution is 5.26. The van der Waals surface area contributed by atoms with Crippen LogP contribution in [-0.2, 0) is 16.1 Å². The molecule has 1 rings (SSSR count). The molecule has 1 unspecified atom stereocenters. The Balaban J connectivity index is 2.20. The van der Waals surface area contributed by atoms with E-state index in [1.54, 1.807) is 13.2 Å². The molecule has 3 heteroatoms. The van der Waals surface area contributed by atoms with Crippen molar-refractivity contribution < 1.29 is 14.2 Å². The van der Waals surface area contributed by atoms with E-state index in [4.69, 9.17) is 14.2 Å². The van der Waals surface area contributed by atoms with Crippen molar-refractivity contribution in [3.05, 3.63) is 42.5 Å². The van der Waals surface area contributed by atoms with Crippen molar-refractivity contribution in [2.75, 3.05) is 20.3 Å². The van der Waals surface area contributed by atoms with E-state index in [1.807, 2.05) is 24.3 Å². The van der Waals surface area contributed by atoms with Gasteiger partial charge < -0.3 is 14.2 Å². The first-order chi connectivity index (χ1) is 8.76. The number of benzene rings is 1. The molecule has 0 amide bonds. The SMILES string of the molecule is C=CCOCCC(C)OCc1ccc(OC)cc1. The summed E-state index contributed by atoms with van der Waals surface area (Å²) in [5.74, 6) is 0.865. The minimum Gasteiger partial charge on any atom is -0.497 e.